The average molecular weight is 241 g/mol. The molecule has 2 nitrogen and oxygen atoms in total. The zero-order valence-corrected chi connectivity index (χ0v) is 12.7. The van der Waals surface area contributed by atoms with Gasteiger partial charge in [-0.2, -0.15) is 0 Å². The van der Waals surface area contributed by atoms with Gasteiger partial charge < -0.3 is 4.74 Å². The molecule has 0 amide bonds. The van der Waals surface area contributed by atoms with E-state index in [1.54, 1.807) is 0 Å². The van der Waals surface area contributed by atoms with E-state index in [1.165, 1.54) is 25.8 Å². The quantitative estimate of drug-likeness (QED) is 0.744. The molecule has 0 unspecified atom stereocenters. The normalized spacial score (nSPS) is 22.4. The van der Waals surface area contributed by atoms with Crippen LogP contribution in [-0.4, -0.2) is 36.2 Å². The molecule has 102 valence electrons. The highest BCUT2D eigenvalue weighted by atomic mass is 16.5. The summed E-state index contributed by atoms with van der Waals surface area (Å²) in [5.74, 6) is 0. The van der Waals surface area contributed by atoms with Gasteiger partial charge >= 0.3 is 0 Å². The number of rotatable bonds is 4. The van der Waals surface area contributed by atoms with Crippen LogP contribution in [0.4, 0.5) is 0 Å². The highest BCUT2D eigenvalue weighted by Gasteiger charge is 2.27. The number of ether oxygens (including phenoxy) is 1. The fourth-order valence-electron chi connectivity index (χ4n) is 2.21. The van der Waals surface area contributed by atoms with Crippen molar-refractivity contribution in [2.24, 2.45) is 5.41 Å². The number of nitrogens with zero attached hydrogens (tertiary/aromatic N) is 1. The van der Waals surface area contributed by atoms with Gasteiger partial charge in [0.1, 0.15) is 0 Å². The predicted octanol–water partition coefficient (Wildman–Crippen LogP) is 3.70. The van der Waals surface area contributed by atoms with E-state index < -0.39 is 0 Å². The lowest BCUT2D eigenvalue weighted by Crippen LogP contribution is -2.46. The van der Waals surface area contributed by atoms with E-state index in [0.29, 0.717) is 11.5 Å². The van der Waals surface area contributed by atoms with Crippen LogP contribution in [0.15, 0.2) is 0 Å². The Kier molecular flexibility index (Phi) is 5.03. The van der Waals surface area contributed by atoms with Crippen molar-refractivity contribution in [2.75, 3.05) is 19.7 Å². The van der Waals surface area contributed by atoms with E-state index in [0.717, 1.165) is 13.2 Å². The lowest BCUT2D eigenvalue weighted by Gasteiger charge is -2.38. The average Bonchev–Trinajstić information content (AvgIpc) is 2.60. The number of hydrogen-bond acceptors (Lipinski definition) is 2. The zero-order valence-electron chi connectivity index (χ0n) is 12.7. The molecule has 0 aliphatic carbocycles. The fraction of sp³-hybridized carbons (Fsp3) is 1.00. The minimum absolute atomic E-state index is 0.247. The van der Waals surface area contributed by atoms with Gasteiger partial charge in [0.25, 0.3) is 0 Å². The van der Waals surface area contributed by atoms with Gasteiger partial charge in [-0.25, -0.2) is 0 Å². The van der Waals surface area contributed by atoms with Gasteiger partial charge in [-0.3, -0.25) is 4.90 Å². The third kappa shape index (κ3) is 5.87. The topological polar surface area (TPSA) is 12.5 Å². The van der Waals surface area contributed by atoms with Crippen molar-refractivity contribution in [2.45, 2.75) is 72.4 Å². The molecule has 17 heavy (non-hydrogen) atoms. The maximum absolute atomic E-state index is 5.77. The van der Waals surface area contributed by atoms with Gasteiger partial charge in [0.15, 0.2) is 0 Å². The Morgan fingerprint density at radius 3 is 2.18 bits per heavy atom. The first-order valence-corrected chi connectivity index (χ1v) is 7.05. The molecule has 0 aromatic carbocycles. The minimum atomic E-state index is 0.247. The Bertz CT molecular complexity index is 218. The molecule has 0 spiro atoms. The summed E-state index contributed by atoms with van der Waals surface area (Å²) in [5.41, 5.74) is 0.664. The van der Waals surface area contributed by atoms with Crippen molar-refractivity contribution in [1.82, 2.24) is 4.90 Å². The van der Waals surface area contributed by atoms with Crippen molar-refractivity contribution >= 4 is 0 Å². The van der Waals surface area contributed by atoms with Crippen molar-refractivity contribution in [3.63, 3.8) is 0 Å². The molecule has 1 heterocycles. The van der Waals surface area contributed by atoms with Crippen LogP contribution in [0.5, 0.6) is 0 Å². The largest absolute Gasteiger partial charge is 0.377 e. The predicted molar refractivity (Wildman–Crippen MR) is 74.4 cm³/mol. The Hall–Kier alpha value is -0.0800. The third-order valence-electron chi connectivity index (χ3n) is 3.53. The van der Waals surface area contributed by atoms with Gasteiger partial charge in [-0.15, -0.1) is 0 Å². The minimum Gasteiger partial charge on any atom is -0.377 e. The summed E-state index contributed by atoms with van der Waals surface area (Å²) in [6, 6.07) is 0. The smallest absolute Gasteiger partial charge is 0.0703 e. The second-order valence-corrected chi connectivity index (χ2v) is 7.56. The SMILES string of the molecule is CC(C)(C)CCN(C[C@H]1CCCO1)C(C)(C)C. The van der Waals surface area contributed by atoms with Gasteiger partial charge in [0, 0.05) is 18.7 Å². The Morgan fingerprint density at radius 2 is 1.76 bits per heavy atom. The van der Waals surface area contributed by atoms with Gasteiger partial charge in [-0.1, -0.05) is 20.8 Å². The lowest BCUT2D eigenvalue weighted by atomic mass is 9.91. The second-order valence-electron chi connectivity index (χ2n) is 7.56. The molecule has 2 heteroatoms. The third-order valence-corrected chi connectivity index (χ3v) is 3.53. The molecule has 1 saturated heterocycles. The van der Waals surface area contributed by atoms with Crippen LogP contribution in [0.3, 0.4) is 0 Å². The van der Waals surface area contributed by atoms with Gasteiger partial charge in [0.2, 0.25) is 0 Å². The van der Waals surface area contributed by atoms with Crippen LogP contribution in [0, 0.1) is 5.41 Å². The van der Waals surface area contributed by atoms with Crippen LogP contribution in [0.2, 0.25) is 0 Å². The molecule has 0 bridgehead atoms. The van der Waals surface area contributed by atoms with E-state index in [1.807, 2.05) is 0 Å². The molecule has 0 aromatic heterocycles. The summed E-state index contributed by atoms with van der Waals surface area (Å²) in [4.78, 5) is 2.59. The maximum Gasteiger partial charge on any atom is 0.0703 e. The molecular formula is C15H31NO. The summed E-state index contributed by atoms with van der Waals surface area (Å²) in [6.07, 6.45) is 4.19. The monoisotopic (exact) mass is 241 g/mol. The first-order chi connectivity index (χ1) is 7.68. The van der Waals surface area contributed by atoms with E-state index in [4.69, 9.17) is 4.74 Å². The molecule has 0 radical (unpaired) electrons. The zero-order chi connectivity index (χ0) is 13.1. The first-order valence-electron chi connectivity index (χ1n) is 7.05. The molecule has 1 rings (SSSR count). The summed E-state index contributed by atoms with van der Waals surface area (Å²) < 4.78 is 5.77. The molecule has 1 atom stereocenters. The van der Waals surface area contributed by atoms with Crippen LogP contribution in [-0.2, 0) is 4.74 Å². The first kappa shape index (κ1) is 15.0. The van der Waals surface area contributed by atoms with E-state index in [9.17, 15) is 0 Å². The van der Waals surface area contributed by atoms with Crippen LogP contribution >= 0.6 is 0 Å². The van der Waals surface area contributed by atoms with E-state index in [-0.39, 0.29) is 5.54 Å². The fourth-order valence-corrected chi connectivity index (χ4v) is 2.21. The highest BCUT2D eigenvalue weighted by molar-refractivity contribution is 4.81. The summed E-state index contributed by atoms with van der Waals surface area (Å²) >= 11 is 0. The van der Waals surface area contributed by atoms with Gasteiger partial charge in [0.05, 0.1) is 6.10 Å². The Balaban J connectivity index is 2.48. The molecule has 0 aromatic rings. The van der Waals surface area contributed by atoms with Crippen molar-refractivity contribution in [1.29, 1.82) is 0 Å². The van der Waals surface area contributed by atoms with Crippen LogP contribution in [0.1, 0.15) is 60.8 Å². The second kappa shape index (κ2) is 5.71. The lowest BCUT2D eigenvalue weighted by molar-refractivity contribution is 0.0321. The number of hydrogen-bond donors (Lipinski definition) is 0. The van der Waals surface area contributed by atoms with E-state index >= 15 is 0 Å². The van der Waals surface area contributed by atoms with Crippen molar-refractivity contribution < 1.29 is 4.74 Å². The molecule has 0 N–H and O–H groups in total. The Morgan fingerprint density at radius 1 is 1.12 bits per heavy atom. The summed E-state index contributed by atoms with van der Waals surface area (Å²) in [6.45, 7) is 17.1. The van der Waals surface area contributed by atoms with Crippen LogP contribution < -0.4 is 0 Å². The molecule has 1 aliphatic heterocycles. The molecule has 1 aliphatic rings. The van der Waals surface area contributed by atoms with Gasteiger partial charge in [-0.05, 0) is 52.0 Å². The summed E-state index contributed by atoms with van der Waals surface area (Å²) in [5, 5.41) is 0. The van der Waals surface area contributed by atoms with Crippen LogP contribution in [0.25, 0.3) is 0 Å². The molecular weight excluding hydrogens is 210 g/mol. The summed E-state index contributed by atoms with van der Waals surface area (Å²) in [7, 11) is 0. The highest BCUT2D eigenvalue weighted by Crippen LogP contribution is 2.24. The van der Waals surface area contributed by atoms with Crippen molar-refractivity contribution in [3.05, 3.63) is 0 Å². The Labute approximate surface area is 108 Å². The van der Waals surface area contributed by atoms with Crippen molar-refractivity contribution in [3.8, 4) is 0 Å². The van der Waals surface area contributed by atoms with E-state index in [2.05, 4.69) is 46.4 Å². The molecule has 0 saturated carbocycles. The maximum atomic E-state index is 5.77. The standard InChI is InChI=1S/C15H31NO/c1-14(2,3)9-10-16(15(4,5)6)12-13-8-7-11-17-13/h13H,7-12H2,1-6H3/t13-/m1/s1. The molecule has 1 fully saturated rings.